The summed E-state index contributed by atoms with van der Waals surface area (Å²) in [7, 11) is 3.43. The van der Waals surface area contributed by atoms with E-state index in [4.69, 9.17) is 0 Å². The highest BCUT2D eigenvalue weighted by Crippen LogP contribution is 2.16. The summed E-state index contributed by atoms with van der Waals surface area (Å²) in [5, 5.41) is 6.11. The minimum Gasteiger partial charge on any atom is -0.347 e. The molecule has 5 heteroatoms. The first-order valence-corrected chi connectivity index (χ1v) is 7.75. The highest BCUT2D eigenvalue weighted by Gasteiger charge is 2.31. The number of nitrogens with zero attached hydrogens (tertiary/aromatic N) is 1. The van der Waals surface area contributed by atoms with E-state index in [-0.39, 0.29) is 17.7 Å². The Hall–Kier alpha value is -1.88. The van der Waals surface area contributed by atoms with Gasteiger partial charge in [-0.2, -0.15) is 0 Å². The topological polar surface area (TPSA) is 61.4 Å². The van der Waals surface area contributed by atoms with Crippen molar-refractivity contribution in [2.24, 2.45) is 11.8 Å². The number of carbonyl (C=O) groups is 2. The molecule has 0 spiro atoms. The standard InChI is InChI=1S/C17H25N3O2/c1-12(14-10-18-11-14)16(21)19-15(17(22)20(2)3)9-13-7-5-4-6-8-13/h4-8,12,14-15,18H,9-11H2,1-3H3,(H,19,21). The summed E-state index contributed by atoms with van der Waals surface area (Å²) in [6, 6.07) is 9.26. The second-order valence-corrected chi connectivity index (χ2v) is 6.19. The lowest BCUT2D eigenvalue weighted by Gasteiger charge is -2.33. The molecule has 1 aliphatic rings. The summed E-state index contributed by atoms with van der Waals surface area (Å²) in [6.45, 7) is 3.68. The number of amides is 2. The Morgan fingerprint density at radius 3 is 2.41 bits per heavy atom. The molecule has 0 bridgehead atoms. The fraction of sp³-hybridized carbons (Fsp3) is 0.529. The first kappa shape index (κ1) is 16.5. The Bertz CT molecular complexity index is 512. The van der Waals surface area contributed by atoms with Gasteiger partial charge in [-0.05, 0) is 24.6 Å². The van der Waals surface area contributed by atoms with E-state index in [1.54, 1.807) is 14.1 Å². The Morgan fingerprint density at radius 2 is 1.91 bits per heavy atom. The van der Waals surface area contributed by atoms with Crippen LogP contribution in [-0.2, 0) is 16.0 Å². The van der Waals surface area contributed by atoms with Crippen molar-refractivity contribution in [1.82, 2.24) is 15.5 Å². The predicted molar refractivity (Wildman–Crippen MR) is 86.3 cm³/mol. The van der Waals surface area contributed by atoms with Crippen LogP contribution in [0.15, 0.2) is 30.3 Å². The molecule has 1 fully saturated rings. The van der Waals surface area contributed by atoms with Crippen LogP contribution >= 0.6 is 0 Å². The first-order valence-electron chi connectivity index (χ1n) is 7.75. The Labute approximate surface area is 132 Å². The number of hydrogen-bond donors (Lipinski definition) is 2. The van der Waals surface area contributed by atoms with Crippen molar-refractivity contribution in [3.63, 3.8) is 0 Å². The molecular weight excluding hydrogens is 278 g/mol. The molecule has 0 aromatic heterocycles. The van der Waals surface area contributed by atoms with E-state index in [1.165, 1.54) is 4.90 Å². The zero-order valence-electron chi connectivity index (χ0n) is 13.5. The molecule has 2 unspecified atom stereocenters. The van der Waals surface area contributed by atoms with Crippen molar-refractivity contribution in [2.75, 3.05) is 27.2 Å². The van der Waals surface area contributed by atoms with E-state index < -0.39 is 6.04 Å². The van der Waals surface area contributed by atoms with Gasteiger partial charge in [-0.3, -0.25) is 9.59 Å². The summed E-state index contributed by atoms with van der Waals surface area (Å²) >= 11 is 0. The van der Waals surface area contributed by atoms with E-state index in [0.29, 0.717) is 12.3 Å². The summed E-state index contributed by atoms with van der Waals surface area (Å²) in [5.41, 5.74) is 1.04. The van der Waals surface area contributed by atoms with Crippen molar-refractivity contribution in [2.45, 2.75) is 19.4 Å². The molecular formula is C17H25N3O2. The smallest absolute Gasteiger partial charge is 0.244 e. The molecule has 1 aromatic rings. The van der Waals surface area contributed by atoms with Crippen molar-refractivity contribution < 1.29 is 9.59 Å². The molecule has 2 rings (SSSR count). The molecule has 5 nitrogen and oxygen atoms in total. The first-order chi connectivity index (χ1) is 10.5. The third kappa shape index (κ3) is 4.07. The molecule has 22 heavy (non-hydrogen) atoms. The van der Waals surface area contributed by atoms with Gasteiger partial charge in [0.15, 0.2) is 0 Å². The number of hydrogen-bond acceptors (Lipinski definition) is 3. The van der Waals surface area contributed by atoms with E-state index in [1.807, 2.05) is 37.3 Å². The Balaban J connectivity index is 2.03. The van der Waals surface area contributed by atoms with Crippen LogP contribution in [0.4, 0.5) is 0 Å². The molecule has 1 aliphatic heterocycles. The molecule has 120 valence electrons. The van der Waals surface area contributed by atoms with Gasteiger partial charge in [0, 0.05) is 26.4 Å². The highest BCUT2D eigenvalue weighted by atomic mass is 16.2. The lowest BCUT2D eigenvalue weighted by Crippen LogP contribution is -2.53. The summed E-state index contributed by atoms with van der Waals surface area (Å²) in [4.78, 5) is 26.3. The van der Waals surface area contributed by atoms with Gasteiger partial charge < -0.3 is 15.5 Å². The van der Waals surface area contributed by atoms with Crippen LogP contribution in [0.25, 0.3) is 0 Å². The fourth-order valence-corrected chi connectivity index (χ4v) is 2.54. The molecule has 1 saturated heterocycles. The van der Waals surface area contributed by atoms with Gasteiger partial charge in [0.2, 0.25) is 11.8 Å². The van der Waals surface area contributed by atoms with E-state index in [2.05, 4.69) is 10.6 Å². The van der Waals surface area contributed by atoms with Crippen molar-refractivity contribution in [3.05, 3.63) is 35.9 Å². The molecule has 1 heterocycles. The zero-order valence-corrected chi connectivity index (χ0v) is 13.5. The fourth-order valence-electron chi connectivity index (χ4n) is 2.54. The van der Waals surface area contributed by atoms with Gasteiger partial charge in [0.25, 0.3) is 0 Å². The van der Waals surface area contributed by atoms with Gasteiger partial charge in [0.1, 0.15) is 6.04 Å². The Morgan fingerprint density at radius 1 is 1.27 bits per heavy atom. The monoisotopic (exact) mass is 303 g/mol. The third-order valence-electron chi connectivity index (χ3n) is 4.27. The number of likely N-dealkylation sites (N-methyl/N-ethyl adjacent to an activating group) is 1. The lowest BCUT2D eigenvalue weighted by molar-refractivity contribution is -0.136. The maximum atomic E-state index is 12.4. The molecule has 0 saturated carbocycles. The summed E-state index contributed by atoms with van der Waals surface area (Å²) < 4.78 is 0. The van der Waals surface area contributed by atoms with Crippen molar-refractivity contribution in [3.8, 4) is 0 Å². The number of benzene rings is 1. The normalized spacial score (nSPS) is 17.2. The van der Waals surface area contributed by atoms with Crippen LogP contribution in [0.2, 0.25) is 0 Å². The van der Waals surface area contributed by atoms with Gasteiger partial charge in [-0.25, -0.2) is 0 Å². The van der Waals surface area contributed by atoms with Gasteiger partial charge in [0.05, 0.1) is 0 Å². The predicted octanol–water partition coefficient (Wildman–Crippen LogP) is 0.658. The molecule has 2 atom stereocenters. The lowest BCUT2D eigenvalue weighted by atomic mass is 9.88. The van der Waals surface area contributed by atoms with Crippen LogP contribution in [0.5, 0.6) is 0 Å². The van der Waals surface area contributed by atoms with Crippen LogP contribution in [0.3, 0.4) is 0 Å². The van der Waals surface area contributed by atoms with Crippen LogP contribution in [-0.4, -0.2) is 49.9 Å². The number of carbonyl (C=O) groups excluding carboxylic acids is 2. The molecule has 0 aliphatic carbocycles. The maximum Gasteiger partial charge on any atom is 0.244 e. The summed E-state index contributed by atoms with van der Waals surface area (Å²) in [5.74, 6) is 0.181. The molecule has 1 aromatic carbocycles. The number of nitrogens with one attached hydrogen (secondary N) is 2. The van der Waals surface area contributed by atoms with E-state index in [9.17, 15) is 9.59 Å². The van der Waals surface area contributed by atoms with E-state index in [0.717, 1.165) is 18.7 Å². The molecule has 0 radical (unpaired) electrons. The van der Waals surface area contributed by atoms with Crippen LogP contribution in [0.1, 0.15) is 12.5 Å². The number of rotatable bonds is 6. The average molecular weight is 303 g/mol. The van der Waals surface area contributed by atoms with Crippen molar-refractivity contribution >= 4 is 11.8 Å². The SMILES string of the molecule is CC(C(=O)NC(Cc1ccccc1)C(=O)N(C)C)C1CNC1. The molecule has 2 N–H and O–H groups in total. The van der Waals surface area contributed by atoms with Crippen LogP contribution in [0, 0.1) is 11.8 Å². The van der Waals surface area contributed by atoms with Gasteiger partial charge in [-0.15, -0.1) is 0 Å². The highest BCUT2D eigenvalue weighted by molar-refractivity contribution is 5.88. The maximum absolute atomic E-state index is 12.4. The second kappa shape index (κ2) is 7.40. The third-order valence-corrected chi connectivity index (χ3v) is 4.27. The summed E-state index contributed by atoms with van der Waals surface area (Å²) in [6.07, 6.45) is 0.513. The Kier molecular flexibility index (Phi) is 5.55. The quantitative estimate of drug-likeness (QED) is 0.811. The zero-order chi connectivity index (χ0) is 16.1. The average Bonchev–Trinajstić information content (AvgIpc) is 2.44. The van der Waals surface area contributed by atoms with Crippen LogP contribution < -0.4 is 10.6 Å². The minimum absolute atomic E-state index is 0.0392. The van der Waals surface area contributed by atoms with Crippen molar-refractivity contribution in [1.29, 1.82) is 0 Å². The van der Waals surface area contributed by atoms with E-state index >= 15 is 0 Å². The van der Waals surface area contributed by atoms with Gasteiger partial charge >= 0.3 is 0 Å². The van der Waals surface area contributed by atoms with Gasteiger partial charge in [-0.1, -0.05) is 37.3 Å². The largest absolute Gasteiger partial charge is 0.347 e. The second-order valence-electron chi connectivity index (χ2n) is 6.19. The molecule has 2 amide bonds. The minimum atomic E-state index is -0.514.